The van der Waals surface area contributed by atoms with Crippen molar-refractivity contribution in [3.63, 3.8) is 0 Å². The van der Waals surface area contributed by atoms with Crippen molar-refractivity contribution in [3.05, 3.63) is 108 Å². The fraction of sp³-hybridized carbons (Fsp3) is 0.174. The summed E-state index contributed by atoms with van der Waals surface area (Å²) in [7, 11) is 3.81. The van der Waals surface area contributed by atoms with Gasteiger partial charge in [0.2, 0.25) is 0 Å². The second-order valence-electron chi connectivity index (χ2n) is 6.31. The summed E-state index contributed by atoms with van der Waals surface area (Å²) in [5, 5.41) is 3.41. The van der Waals surface area contributed by atoms with Crippen LogP contribution in [-0.2, 0) is 0 Å². The van der Waals surface area contributed by atoms with E-state index in [1.54, 1.807) is 0 Å². The molecule has 0 saturated heterocycles. The van der Waals surface area contributed by atoms with E-state index in [2.05, 4.69) is 29.6 Å². The fourth-order valence-electron chi connectivity index (χ4n) is 3.37. The SMILES string of the molecule is CN[C@@H](c1ccccc1)[C@@H](c1ccccc1)N(C)C(=O)c1ccccc1. The van der Waals surface area contributed by atoms with E-state index in [1.165, 1.54) is 0 Å². The smallest absolute Gasteiger partial charge is 0.254 e. The molecule has 3 aromatic carbocycles. The molecule has 26 heavy (non-hydrogen) atoms. The van der Waals surface area contributed by atoms with E-state index in [-0.39, 0.29) is 18.0 Å². The number of likely N-dealkylation sites (N-methyl/N-ethyl adjacent to an activating group) is 2. The molecule has 0 heterocycles. The van der Waals surface area contributed by atoms with Gasteiger partial charge in [0, 0.05) is 12.6 Å². The normalized spacial score (nSPS) is 13.0. The Morgan fingerprint density at radius 2 is 1.23 bits per heavy atom. The van der Waals surface area contributed by atoms with E-state index in [4.69, 9.17) is 0 Å². The molecule has 0 bridgehead atoms. The Morgan fingerprint density at radius 1 is 0.769 bits per heavy atom. The maximum atomic E-state index is 13.1. The van der Waals surface area contributed by atoms with Crippen LogP contribution in [0.2, 0.25) is 0 Å². The van der Waals surface area contributed by atoms with Crippen LogP contribution in [0.25, 0.3) is 0 Å². The molecule has 3 heteroatoms. The summed E-state index contributed by atoms with van der Waals surface area (Å²) < 4.78 is 0. The second kappa shape index (κ2) is 8.45. The van der Waals surface area contributed by atoms with Gasteiger partial charge in [-0.3, -0.25) is 4.79 Å². The zero-order chi connectivity index (χ0) is 18.4. The number of nitrogens with one attached hydrogen (secondary N) is 1. The summed E-state index contributed by atoms with van der Waals surface area (Å²) in [4.78, 5) is 14.9. The summed E-state index contributed by atoms with van der Waals surface area (Å²) in [6.07, 6.45) is 0. The number of rotatable bonds is 6. The first-order valence-corrected chi connectivity index (χ1v) is 8.81. The summed E-state index contributed by atoms with van der Waals surface area (Å²) in [6.45, 7) is 0. The van der Waals surface area contributed by atoms with Crippen LogP contribution < -0.4 is 5.32 Å². The number of benzene rings is 3. The minimum absolute atomic E-state index is 0.00985. The van der Waals surface area contributed by atoms with Crippen molar-refractivity contribution in [2.75, 3.05) is 14.1 Å². The third-order valence-corrected chi connectivity index (χ3v) is 4.68. The molecular formula is C23H24N2O. The van der Waals surface area contributed by atoms with Crippen molar-refractivity contribution in [3.8, 4) is 0 Å². The summed E-state index contributed by atoms with van der Waals surface area (Å²) in [6, 6.07) is 29.7. The van der Waals surface area contributed by atoms with Gasteiger partial charge < -0.3 is 10.2 Å². The highest BCUT2D eigenvalue weighted by Gasteiger charge is 2.30. The Balaban J connectivity index is 2.02. The molecule has 0 radical (unpaired) electrons. The quantitative estimate of drug-likeness (QED) is 0.716. The lowest BCUT2D eigenvalue weighted by atomic mass is 9.92. The van der Waals surface area contributed by atoms with Crippen LogP contribution in [0, 0.1) is 0 Å². The van der Waals surface area contributed by atoms with Crippen LogP contribution in [-0.4, -0.2) is 24.9 Å². The lowest BCUT2D eigenvalue weighted by Gasteiger charge is -2.35. The molecular weight excluding hydrogens is 320 g/mol. The van der Waals surface area contributed by atoms with Gasteiger partial charge in [-0.15, -0.1) is 0 Å². The Hall–Kier alpha value is -2.91. The molecule has 1 N–H and O–H groups in total. The van der Waals surface area contributed by atoms with Gasteiger partial charge in [-0.25, -0.2) is 0 Å². The Bertz CT molecular complexity index is 819. The van der Waals surface area contributed by atoms with Crippen molar-refractivity contribution in [1.82, 2.24) is 10.2 Å². The zero-order valence-corrected chi connectivity index (χ0v) is 15.2. The molecule has 1 amide bonds. The lowest BCUT2D eigenvalue weighted by Crippen LogP contribution is -2.38. The number of carbonyl (C=O) groups is 1. The van der Waals surface area contributed by atoms with Crippen LogP contribution in [0.1, 0.15) is 33.6 Å². The van der Waals surface area contributed by atoms with E-state index in [9.17, 15) is 4.79 Å². The van der Waals surface area contributed by atoms with Crippen molar-refractivity contribution >= 4 is 5.91 Å². The molecule has 0 saturated carbocycles. The summed E-state index contributed by atoms with van der Waals surface area (Å²) in [5.41, 5.74) is 2.94. The largest absolute Gasteiger partial charge is 0.333 e. The molecule has 0 aliphatic rings. The van der Waals surface area contributed by atoms with Gasteiger partial charge in [0.25, 0.3) is 5.91 Å². The molecule has 0 aromatic heterocycles. The first-order valence-electron chi connectivity index (χ1n) is 8.81. The molecule has 0 fully saturated rings. The van der Waals surface area contributed by atoms with Crippen molar-refractivity contribution in [1.29, 1.82) is 0 Å². The van der Waals surface area contributed by atoms with Crippen LogP contribution >= 0.6 is 0 Å². The van der Waals surface area contributed by atoms with Gasteiger partial charge >= 0.3 is 0 Å². The number of hydrogen-bond donors (Lipinski definition) is 1. The van der Waals surface area contributed by atoms with Crippen LogP contribution in [0.4, 0.5) is 0 Å². The minimum Gasteiger partial charge on any atom is -0.333 e. The lowest BCUT2D eigenvalue weighted by molar-refractivity contribution is 0.0694. The number of amides is 1. The minimum atomic E-state index is -0.128. The maximum absolute atomic E-state index is 13.1. The van der Waals surface area contributed by atoms with Crippen LogP contribution in [0.5, 0.6) is 0 Å². The highest BCUT2D eigenvalue weighted by molar-refractivity contribution is 5.94. The average Bonchev–Trinajstić information content (AvgIpc) is 2.73. The third-order valence-electron chi connectivity index (χ3n) is 4.68. The highest BCUT2D eigenvalue weighted by Crippen LogP contribution is 2.34. The molecule has 3 nitrogen and oxygen atoms in total. The first kappa shape index (κ1) is 17.9. The predicted molar refractivity (Wildman–Crippen MR) is 106 cm³/mol. The predicted octanol–water partition coefficient (Wildman–Crippen LogP) is 4.46. The molecule has 0 aliphatic heterocycles. The van der Waals surface area contributed by atoms with Gasteiger partial charge in [-0.1, -0.05) is 78.9 Å². The maximum Gasteiger partial charge on any atom is 0.254 e. The van der Waals surface area contributed by atoms with E-state index in [0.29, 0.717) is 5.56 Å². The van der Waals surface area contributed by atoms with Crippen LogP contribution in [0.15, 0.2) is 91.0 Å². The standard InChI is InChI=1S/C23H24N2O/c1-24-21(18-12-6-3-7-13-18)22(19-14-8-4-9-15-19)25(2)23(26)20-16-10-5-11-17-20/h3-17,21-22,24H,1-2H3/t21-,22+/m0/s1. The number of hydrogen-bond acceptors (Lipinski definition) is 2. The van der Waals surface area contributed by atoms with Crippen molar-refractivity contribution < 1.29 is 4.79 Å². The Kier molecular flexibility index (Phi) is 5.82. The van der Waals surface area contributed by atoms with E-state index in [1.807, 2.05) is 85.7 Å². The topological polar surface area (TPSA) is 32.3 Å². The van der Waals surface area contributed by atoms with Crippen molar-refractivity contribution in [2.45, 2.75) is 12.1 Å². The molecule has 0 aliphatic carbocycles. The van der Waals surface area contributed by atoms with E-state index < -0.39 is 0 Å². The van der Waals surface area contributed by atoms with Crippen molar-refractivity contribution in [2.24, 2.45) is 0 Å². The van der Waals surface area contributed by atoms with Gasteiger partial charge in [0.1, 0.15) is 0 Å². The molecule has 0 spiro atoms. The van der Waals surface area contributed by atoms with Gasteiger partial charge in [0.05, 0.1) is 12.1 Å². The molecule has 3 rings (SSSR count). The molecule has 0 unspecified atom stereocenters. The summed E-state index contributed by atoms with van der Waals surface area (Å²) >= 11 is 0. The van der Waals surface area contributed by atoms with Gasteiger partial charge in [-0.05, 0) is 30.3 Å². The molecule has 132 valence electrons. The fourth-order valence-corrected chi connectivity index (χ4v) is 3.37. The Morgan fingerprint density at radius 3 is 1.73 bits per heavy atom. The monoisotopic (exact) mass is 344 g/mol. The number of nitrogens with zero attached hydrogens (tertiary/aromatic N) is 1. The third kappa shape index (κ3) is 3.84. The van der Waals surface area contributed by atoms with E-state index in [0.717, 1.165) is 11.1 Å². The van der Waals surface area contributed by atoms with E-state index >= 15 is 0 Å². The van der Waals surface area contributed by atoms with Crippen LogP contribution in [0.3, 0.4) is 0 Å². The summed E-state index contributed by atoms with van der Waals surface area (Å²) in [5.74, 6) is 0.00985. The zero-order valence-electron chi connectivity index (χ0n) is 15.2. The van der Waals surface area contributed by atoms with Gasteiger partial charge in [0.15, 0.2) is 0 Å². The number of carbonyl (C=O) groups excluding carboxylic acids is 1. The second-order valence-corrected chi connectivity index (χ2v) is 6.31. The molecule has 2 atom stereocenters. The first-order chi connectivity index (χ1) is 12.7. The molecule has 3 aromatic rings. The average molecular weight is 344 g/mol. The highest BCUT2D eigenvalue weighted by atomic mass is 16.2. The van der Waals surface area contributed by atoms with Gasteiger partial charge in [-0.2, -0.15) is 0 Å². The Labute approximate surface area is 155 Å².